The van der Waals surface area contributed by atoms with Crippen LogP contribution in [0.3, 0.4) is 0 Å². The smallest absolute Gasteiger partial charge is 0.252 e. The predicted molar refractivity (Wildman–Crippen MR) is 291 cm³/mol. The maximum absolute atomic E-state index is 2.74. The summed E-state index contributed by atoms with van der Waals surface area (Å²) in [6, 6.07) is 42.0. The number of nitrogens with zero attached hydrogens (tertiary/aromatic N) is 2. The molecule has 344 valence electrons. The van der Waals surface area contributed by atoms with E-state index in [9.17, 15) is 0 Å². The van der Waals surface area contributed by atoms with Crippen molar-refractivity contribution in [2.75, 3.05) is 9.80 Å². The van der Waals surface area contributed by atoms with Crippen LogP contribution in [0.2, 0.25) is 0 Å². The Morgan fingerprint density at radius 2 is 0.940 bits per heavy atom. The first-order valence-corrected chi connectivity index (χ1v) is 25.7. The van der Waals surface area contributed by atoms with Crippen LogP contribution < -0.4 is 26.2 Å². The molecule has 6 aromatic rings. The standard InChI is InChI=1S/C64H75BN2/c1-39-22-25-50-53(30-39)67(52-36-49-46(63(13,14)38-64(49,15)16)34-43(52)40-20-18-17-19-21-40)56-32-41(58(2,3)4)31-55-57(56)65(50)51-35-47-48(62(11,12)29-28-61(47,9)10)37-54(51)66(55)42-23-24-44-45(33-42)60(7,8)27-26-59(44,5)6/h17-25,30-37H,26-29,38H2,1-16H3. The average Bonchev–Trinajstić information content (AvgIpc) is 3.44. The molecule has 0 N–H and O–H groups in total. The highest BCUT2D eigenvalue weighted by molar-refractivity contribution is 7.00. The van der Waals surface area contributed by atoms with Gasteiger partial charge in [0.15, 0.2) is 0 Å². The van der Waals surface area contributed by atoms with Crippen LogP contribution in [0.15, 0.2) is 103 Å². The van der Waals surface area contributed by atoms with Crippen molar-refractivity contribution in [3.8, 4) is 11.1 Å². The van der Waals surface area contributed by atoms with Crippen LogP contribution in [-0.2, 0) is 37.9 Å². The highest BCUT2D eigenvalue weighted by atomic mass is 15.2. The van der Waals surface area contributed by atoms with Crippen LogP contribution in [0, 0.1) is 6.92 Å². The first-order valence-electron chi connectivity index (χ1n) is 25.7. The summed E-state index contributed by atoms with van der Waals surface area (Å²) < 4.78 is 0. The van der Waals surface area contributed by atoms with E-state index in [1.165, 1.54) is 132 Å². The van der Waals surface area contributed by atoms with Crippen molar-refractivity contribution in [2.45, 2.75) is 181 Å². The SMILES string of the molecule is Cc1ccc2c(c1)N(c1cc3c(cc1-c1ccccc1)C(C)(C)CC3(C)C)c1cc(C(C)(C)C)cc3c1B2c1cc2c(cc1N3c1ccc3c(c1)C(C)(C)CCC3(C)C)C(C)(C)CCC2(C)C. The van der Waals surface area contributed by atoms with Gasteiger partial charge < -0.3 is 9.80 Å². The summed E-state index contributed by atoms with van der Waals surface area (Å²) in [4.78, 5) is 5.46. The molecule has 0 amide bonds. The molecule has 3 heteroatoms. The van der Waals surface area contributed by atoms with E-state index in [0.717, 1.165) is 6.42 Å². The van der Waals surface area contributed by atoms with Gasteiger partial charge in [0.25, 0.3) is 6.71 Å². The first kappa shape index (κ1) is 44.5. The van der Waals surface area contributed by atoms with E-state index >= 15 is 0 Å². The summed E-state index contributed by atoms with van der Waals surface area (Å²) in [5.41, 5.74) is 26.6. The number of anilines is 6. The minimum absolute atomic E-state index is 0.0352. The van der Waals surface area contributed by atoms with Gasteiger partial charge in [-0.3, -0.25) is 0 Å². The molecule has 2 heterocycles. The lowest BCUT2D eigenvalue weighted by Crippen LogP contribution is -2.62. The lowest BCUT2D eigenvalue weighted by atomic mass is 9.33. The van der Waals surface area contributed by atoms with Gasteiger partial charge in [-0.1, -0.05) is 158 Å². The van der Waals surface area contributed by atoms with Gasteiger partial charge in [0, 0.05) is 34.0 Å². The molecule has 67 heavy (non-hydrogen) atoms. The van der Waals surface area contributed by atoms with Gasteiger partial charge in [0.05, 0.1) is 5.69 Å². The Bertz CT molecular complexity index is 3060. The van der Waals surface area contributed by atoms with Gasteiger partial charge in [-0.2, -0.15) is 0 Å². The van der Waals surface area contributed by atoms with E-state index in [1.807, 2.05) is 0 Å². The summed E-state index contributed by atoms with van der Waals surface area (Å²) in [6.07, 6.45) is 5.88. The molecule has 0 fully saturated rings. The van der Waals surface area contributed by atoms with Crippen LogP contribution in [-0.4, -0.2) is 6.71 Å². The Labute approximate surface area is 404 Å². The van der Waals surface area contributed by atoms with E-state index < -0.39 is 0 Å². The summed E-state index contributed by atoms with van der Waals surface area (Å²) >= 11 is 0. The lowest BCUT2D eigenvalue weighted by molar-refractivity contribution is 0.332. The first-order chi connectivity index (χ1) is 31.2. The summed E-state index contributed by atoms with van der Waals surface area (Å²) in [5, 5.41) is 0. The molecule has 0 aromatic heterocycles. The number of hydrogen-bond donors (Lipinski definition) is 0. The zero-order valence-corrected chi connectivity index (χ0v) is 43.8. The lowest BCUT2D eigenvalue weighted by Gasteiger charge is -2.48. The normalized spacial score (nSPS) is 20.6. The van der Waals surface area contributed by atoms with Crippen molar-refractivity contribution in [2.24, 2.45) is 0 Å². The quantitative estimate of drug-likeness (QED) is 0.163. The van der Waals surface area contributed by atoms with E-state index in [-0.39, 0.29) is 44.6 Å². The molecule has 5 aliphatic rings. The van der Waals surface area contributed by atoms with Crippen LogP contribution in [0.4, 0.5) is 34.1 Å². The number of benzene rings is 6. The molecule has 2 nitrogen and oxygen atoms in total. The minimum Gasteiger partial charge on any atom is -0.311 e. The Morgan fingerprint density at radius 1 is 0.433 bits per heavy atom. The van der Waals surface area contributed by atoms with Gasteiger partial charge in [-0.15, -0.1) is 0 Å². The van der Waals surface area contributed by atoms with Crippen molar-refractivity contribution in [3.63, 3.8) is 0 Å². The van der Waals surface area contributed by atoms with E-state index in [0.29, 0.717) is 0 Å². The molecular weight excluding hydrogens is 808 g/mol. The highest BCUT2D eigenvalue weighted by Gasteiger charge is 2.49. The summed E-state index contributed by atoms with van der Waals surface area (Å²) in [5.74, 6) is 0. The van der Waals surface area contributed by atoms with E-state index in [4.69, 9.17) is 0 Å². The van der Waals surface area contributed by atoms with Crippen molar-refractivity contribution < 1.29 is 0 Å². The molecule has 0 bridgehead atoms. The molecule has 3 aliphatic carbocycles. The third-order valence-electron chi connectivity index (χ3n) is 18.0. The Kier molecular flexibility index (Phi) is 9.33. The van der Waals surface area contributed by atoms with Crippen molar-refractivity contribution in [1.82, 2.24) is 0 Å². The maximum Gasteiger partial charge on any atom is 0.252 e. The highest BCUT2D eigenvalue weighted by Crippen LogP contribution is 2.57. The predicted octanol–water partition coefficient (Wildman–Crippen LogP) is 15.7. The van der Waals surface area contributed by atoms with Crippen LogP contribution in [0.25, 0.3) is 11.1 Å². The topological polar surface area (TPSA) is 6.48 Å². The van der Waals surface area contributed by atoms with Gasteiger partial charge in [0.1, 0.15) is 0 Å². The second-order valence-corrected chi connectivity index (χ2v) is 26.8. The van der Waals surface area contributed by atoms with Gasteiger partial charge >= 0.3 is 0 Å². The van der Waals surface area contributed by atoms with E-state index in [1.54, 1.807) is 0 Å². The molecule has 0 radical (unpaired) electrons. The molecule has 0 spiro atoms. The molecule has 6 aromatic carbocycles. The average molecular weight is 883 g/mol. The third kappa shape index (κ3) is 6.62. The molecule has 2 aliphatic heterocycles. The monoisotopic (exact) mass is 883 g/mol. The maximum atomic E-state index is 2.74. The Balaban J connectivity index is 1.29. The molecule has 0 atom stereocenters. The molecule has 0 unspecified atom stereocenters. The van der Waals surface area contributed by atoms with Gasteiger partial charge in [-0.25, -0.2) is 0 Å². The third-order valence-corrected chi connectivity index (χ3v) is 18.0. The van der Waals surface area contributed by atoms with Crippen molar-refractivity contribution in [3.05, 3.63) is 148 Å². The van der Waals surface area contributed by atoms with Crippen molar-refractivity contribution >= 4 is 57.2 Å². The summed E-state index contributed by atoms with van der Waals surface area (Å²) in [7, 11) is 0. The van der Waals surface area contributed by atoms with E-state index in [2.05, 4.69) is 224 Å². The number of hydrogen-bond acceptors (Lipinski definition) is 2. The fraction of sp³-hybridized carbons (Fsp3) is 0.438. The van der Waals surface area contributed by atoms with Crippen LogP contribution in [0.1, 0.15) is 180 Å². The number of rotatable bonds is 3. The Morgan fingerprint density at radius 3 is 1.55 bits per heavy atom. The molecule has 11 rings (SSSR count). The van der Waals surface area contributed by atoms with Gasteiger partial charge in [0.2, 0.25) is 0 Å². The fourth-order valence-electron chi connectivity index (χ4n) is 13.9. The second kappa shape index (κ2) is 14.0. The molecular formula is C64H75BN2. The van der Waals surface area contributed by atoms with Crippen molar-refractivity contribution in [1.29, 1.82) is 0 Å². The largest absolute Gasteiger partial charge is 0.311 e. The second-order valence-electron chi connectivity index (χ2n) is 26.8. The Hall–Kier alpha value is -5.02. The minimum atomic E-state index is -0.110. The zero-order chi connectivity index (χ0) is 47.8. The number of aryl methyl sites for hydroxylation is 1. The molecule has 0 saturated carbocycles. The molecule has 0 saturated heterocycles. The summed E-state index contributed by atoms with van der Waals surface area (Å²) in [6.45, 7) is 39.3. The number of fused-ring (bicyclic) bond motifs is 7. The van der Waals surface area contributed by atoms with Crippen LogP contribution >= 0.6 is 0 Å². The van der Waals surface area contributed by atoms with Gasteiger partial charge in [-0.05, 0) is 192 Å². The zero-order valence-electron chi connectivity index (χ0n) is 43.8. The van der Waals surface area contributed by atoms with Crippen LogP contribution in [0.5, 0.6) is 0 Å². The fourth-order valence-corrected chi connectivity index (χ4v) is 13.9.